The zero-order valence-electron chi connectivity index (χ0n) is 15.5. The topological polar surface area (TPSA) is 67.4 Å². The molecule has 25 heavy (non-hydrogen) atoms. The minimum absolute atomic E-state index is 0.688. The van der Waals surface area contributed by atoms with Gasteiger partial charge in [-0.3, -0.25) is 9.89 Å². The standard InChI is InChI=1S/C18H30N4O3/c1-19-18(20-8-4-5-9-22-10-12-25-13-11-22)21-15-6-7-16(23-2)17(14-15)24-3/h6-7,14H,4-5,8-13H2,1-3H3,(H2,19,20,21). The Bertz CT molecular complexity index is 545. The van der Waals surface area contributed by atoms with E-state index < -0.39 is 0 Å². The van der Waals surface area contributed by atoms with Gasteiger partial charge >= 0.3 is 0 Å². The van der Waals surface area contributed by atoms with Gasteiger partial charge in [0.25, 0.3) is 0 Å². The van der Waals surface area contributed by atoms with Gasteiger partial charge in [-0.05, 0) is 31.5 Å². The number of aliphatic imine (C=N–C) groups is 1. The molecule has 0 spiro atoms. The highest BCUT2D eigenvalue weighted by atomic mass is 16.5. The molecule has 7 heteroatoms. The minimum Gasteiger partial charge on any atom is -0.493 e. The van der Waals surface area contributed by atoms with E-state index in [1.807, 2.05) is 18.2 Å². The molecular formula is C18H30N4O3. The van der Waals surface area contributed by atoms with Crippen LogP contribution in [0.3, 0.4) is 0 Å². The van der Waals surface area contributed by atoms with Crippen molar-refractivity contribution in [3.63, 3.8) is 0 Å². The Labute approximate surface area is 150 Å². The third kappa shape index (κ3) is 6.43. The first-order valence-corrected chi connectivity index (χ1v) is 8.76. The van der Waals surface area contributed by atoms with Gasteiger partial charge in [0.05, 0.1) is 27.4 Å². The summed E-state index contributed by atoms with van der Waals surface area (Å²) in [5.41, 5.74) is 0.902. The number of methoxy groups -OCH3 is 2. The van der Waals surface area contributed by atoms with Crippen molar-refractivity contribution in [2.45, 2.75) is 12.8 Å². The SMILES string of the molecule is CN=C(NCCCCN1CCOCC1)Nc1ccc(OC)c(OC)c1. The molecular weight excluding hydrogens is 320 g/mol. The minimum atomic E-state index is 0.688. The predicted molar refractivity (Wildman–Crippen MR) is 101 cm³/mol. The number of guanidine groups is 1. The fourth-order valence-electron chi connectivity index (χ4n) is 2.72. The van der Waals surface area contributed by atoms with Crippen molar-refractivity contribution in [2.24, 2.45) is 4.99 Å². The van der Waals surface area contributed by atoms with Gasteiger partial charge in [0, 0.05) is 38.4 Å². The molecule has 1 aliphatic heterocycles. The molecule has 0 atom stereocenters. The monoisotopic (exact) mass is 350 g/mol. The van der Waals surface area contributed by atoms with Crippen LogP contribution in [-0.4, -0.2) is 71.5 Å². The average molecular weight is 350 g/mol. The van der Waals surface area contributed by atoms with Crippen molar-refractivity contribution in [3.05, 3.63) is 18.2 Å². The molecule has 0 aromatic heterocycles. The average Bonchev–Trinajstić information content (AvgIpc) is 2.67. The van der Waals surface area contributed by atoms with Crippen LogP contribution in [-0.2, 0) is 4.74 Å². The number of unbranched alkanes of at least 4 members (excludes halogenated alkanes) is 1. The Hall–Kier alpha value is -1.99. The summed E-state index contributed by atoms with van der Waals surface area (Å²) in [6, 6.07) is 5.70. The normalized spacial score (nSPS) is 15.7. The van der Waals surface area contributed by atoms with E-state index in [1.54, 1.807) is 21.3 Å². The Morgan fingerprint density at radius 2 is 1.92 bits per heavy atom. The Balaban J connectivity index is 1.71. The summed E-state index contributed by atoms with van der Waals surface area (Å²) in [7, 11) is 5.02. The van der Waals surface area contributed by atoms with Crippen LogP contribution >= 0.6 is 0 Å². The first-order chi connectivity index (χ1) is 12.3. The van der Waals surface area contributed by atoms with Crippen molar-refractivity contribution in [1.82, 2.24) is 10.2 Å². The van der Waals surface area contributed by atoms with Gasteiger partial charge in [-0.2, -0.15) is 0 Å². The molecule has 0 amide bonds. The Kier molecular flexibility index (Phi) is 8.34. The number of benzene rings is 1. The third-order valence-corrected chi connectivity index (χ3v) is 4.17. The second kappa shape index (κ2) is 10.8. The maximum atomic E-state index is 5.37. The molecule has 1 fully saturated rings. The molecule has 1 aromatic rings. The molecule has 140 valence electrons. The summed E-state index contributed by atoms with van der Waals surface area (Å²) in [6.07, 6.45) is 2.27. The van der Waals surface area contributed by atoms with Gasteiger partial charge in [0.2, 0.25) is 0 Å². The molecule has 2 rings (SSSR count). The van der Waals surface area contributed by atoms with Crippen molar-refractivity contribution in [3.8, 4) is 11.5 Å². The van der Waals surface area contributed by atoms with E-state index in [0.29, 0.717) is 11.5 Å². The van der Waals surface area contributed by atoms with Gasteiger partial charge < -0.3 is 24.8 Å². The second-order valence-corrected chi connectivity index (χ2v) is 5.85. The lowest BCUT2D eigenvalue weighted by Crippen LogP contribution is -2.37. The van der Waals surface area contributed by atoms with Crippen LogP contribution in [0, 0.1) is 0 Å². The molecule has 0 saturated carbocycles. The summed E-state index contributed by atoms with van der Waals surface area (Å²) < 4.78 is 15.9. The Morgan fingerprint density at radius 3 is 2.60 bits per heavy atom. The number of rotatable bonds is 8. The van der Waals surface area contributed by atoms with Crippen LogP contribution in [0.25, 0.3) is 0 Å². The summed E-state index contributed by atoms with van der Waals surface area (Å²) in [4.78, 5) is 6.72. The van der Waals surface area contributed by atoms with Crippen LogP contribution in [0.15, 0.2) is 23.2 Å². The highest BCUT2D eigenvalue weighted by Gasteiger charge is 2.09. The van der Waals surface area contributed by atoms with Crippen LogP contribution < -0.4 is 20.1 Å². The number of nitrogens with one attached hydrogen (secondary N) is 2. The van der Waals surface area contributed by atoms with Crippen molar-refractivity contribution in [2.75, 3.05) is 66.0 Å². The molecule has 1 aromatic carbocycles. The number of hydrogen-bond donors (Lipinski definition) is 2. The molecule has 2 N–H and O–H groups in total. The zero-order chi connectivity index (χ0) is 17.9. The highest BCUT2D eigenvalue weighted by molar-refractivity contribution is 5.93. The lowest BCUT2D eigenvalue weighted by molar-refractivity contribution is 0.0372. The Morgan fingerprint density at radius 1 is 1.16 bits per heavy atom. The number of morpholine rings is 1. The van der Waals surface area contributed by atoms with Gasteiger partial charge in [0.15, 0.2) is 17.5 Å². The van der Waals surface area contributed by atoms with Gasteiger partial charge in [-0.15, -0.1) is 0 Å². The van der Waals surface area contributed by atoms with Crippen LogP contribution in [0.2, 0.25) is 0 Å². The van der Waals surface area contributed by atoms with E-state index in [4.69, 9.17) is 14.2 Å². The van der Waals surface area contributed by atoms with Gasteiger partial charge in [-0.1, -0.05) is 0 Å². The summed E-state index contributed by atoms with van der Waals surface area (Å²) in [5.74, 6) is 2.14. The fourth-order valence-corrected chi connectivity index (χ4v) is 2.72. The largest absolute Gasteiger partial charge is 0.493 e. The fraction of sp³-hybridized carbons (Fsp3) is 0.611. The molecule has 0 unspecified atom stereocenters. The zero-order valence-corrected chi connectivity index (χ0v) is 15.5. The summed E-state index contributed by atoms with van der Waals surface area (Å²) in [5, 5.41) is 6.62. The highest BCUT2D eigenvalue weighted by Crippen LogP contribution is 2.29. The number of ether oxygens (including phenoxy) is 3. The second-order valence-electron chi connectivity index (χ2n) is 5.85. The number of hydrogen-bond acceptors (Lipinski definition) is 5. The van der Waals surface area contributed by atoms with Crippen LogP contribution in [0.1, 0.15) is 12.8 Å². The van der Waals surface area contributed by atoms with E-state index in [0.717, 1.165) is 57.5 Å². The van der Waals surface area contributed by atoms with Crippen molar-refractivity contribution in [1.29, 1.82) is 0 Å². The van der Waals surface area contributed by atoms with Gasteiger partial charge in [0.1, 0.15) is 0 Å². The molecule has 1 aliphatic rings. The maximum absolute atomic E-state index is 5.37. The van der Waals surface area contributed by atoms with Crippen LogP contribution in [0.5, 0.6) is 11.5 Å². The molecule has 0 aliphatic carbocycles. The van der Waals surface area contributed by atoms with E-state index in [1.165, 1.54) is 6.42 Å². The lowest BCUT2D eigenvalue weighted by Gasteiger charge is -2.26. The van der Waals surface area contributed by atoms with E-state index in [2.05, 4.69) is 20.5 Å². The van der Waals surface area contributed by atoms with E-state index in [-0.39, 0.29) is 0 Å². The molecule has 1 saturated heterocycles. The molecule has 0 radical (unpaired) electrons. The van der Waals surface area contributed by atoms with Crippen molar-refractivity contribution < 1.29 is 14.2 Å². The maximum Gasteiger partial charge on any atom is 0.195 e. The first-order valence-electron chi connectivity index (χ1n) is 8.76. The number of anilines is 1. The molecule has 1 heterocycles. The number of nitrogens with zero attached hydrogens (tertiary/aromatic N) is 2. The van der Waals surface area contributed by atoms with Crippen LogP contribution in [0.4, 0.5) is 5.69 Å². The first kappa shape index (κ1) is 19.3. The quantitative estimate of drug-likeness (QED) is 0.423. The van der Waals surface area contributed by atoms with Gasteiger partial charge in [-0.25, -0.2) is 0 Å². The summed E-state index contributed by atoms with van der Waals surface area (Å²) >= 11 is 0. The predicted octanol–water partition coefficient (Wildman–Crippen LogP) is 1.80. The van der Waals surface area contributed by atoms with Crippen molar-refractivity contribution >= 4 is 11.6 Å². The van der Waals surface area contributed by atoms with E-state index in [9.17, 15) is 0 Å². The smallest absolute Gasteiger partial charge is 0.195 e. The van der Waals surface area contributed by atoms with E-state index >= 15 is 0 Å². The third-order valence-electron chi connectivity index (χ3n) is 4.17. The molecule has 0 bridgehead atoms. The summed E-state index contributed by atoms with van der Waals surface area (Å²) in [6.45, 7) is 5.84. The molecule has 7 nitrogen and oxygen atoms in total. The lowest BCUT2D eigenvalue weighted by atomic mass is 10.2.